The van der Waals surface area contributed by atoms with Crippen LogP contribution in [0.3, 0.4) is 0 Å². The second-order valence-electron chi connectivity index (χ2n) is 10.4. The molecular formula is C32H35BrN2O4. The lowest BCUT2D eigenvalue weighted by atomic mass is 9.94. The predicted octanol–water partition coefficient (Wildman–Crippen LogP) is 6.20. The monoisotopic (exact) mass is 590 g/mol. The summed E-state index contributed by atoms with van der Waals surface area (Å²) in [4.78, 5) is 29.6. The fraction of sp³-hybridized carbons (Fsp3) is 0.375. The van der Waals surface area contributed by atoms with Crippen LogP contribution in [0.25, 0.3) is 0 Å². The van der Waals surface area contributed by atoms with Crippen LogP contribution in [0, 0.1) is 0 Å². The minimum absolute atomic E-state index is 0.0460. The summed E-state index contributed by atoms with van der Waals surface area (Å²) in [5.74, 6) is 1.32. The van der Waals surface area contributed by atoms with Crippen molar-refractivity contribution in [2.45, 2.75) is 70.0 Å². The maximum Gasteiger partial charge on any atom is 0.243 e. The average molecular weight is 592 g/mol. The highest BCUT2D eigenvalue weighted by molar-refractivity contribution is 9.10. The van der Waals surface area contributed by atoms with Crippen LogP contribution >= 0.6 is 15.9 Å². The van der Waals surface area contributed by atoms with Crippen LogP contribution in [0.2, 0.25) is 0 Å². The molecule has 3 aromatic rings. The van der Waals surface area contributed by atoms with Crippen molar-refractivity contribution in [3.63, 3.8) is 0 Å². The molecule has 6 nitrogen and oxygen atoms in total. The Balaban J connectivity index is 1.39. The average Bonchev–Trinajstić information content (AvgIpc) is 3.44. The second-order valence-corrected chi connectivity index (χ2v) is 11.3. The Morgan fingerprint density at radius 1 is 0.872 bits per heavy atom. The number of aryl methyl sites for hydroxylation is 1. The Kier molecular flexibility index (Phi) is 9.19. The van der Waals surface area contributed by atoms with Gasteiger partial charge < -0.3 is 19.7 Å². The number of ether oxygens (including phenoxy) is 2. The van der Waals surface area contributed by atoms with Gasteiger partial charge in [-0.1, -0.05) is 83.7 Å². The number of hydrogen-bond acceptors (Lipinski definition) is 4. The van der Waals surface area contributed by atoms with Crippen molar-refractivity contribution >= 4 is 27.7 Å². The van der Waals surface area contributed by atoms with Gasteiger partial charge in [-0.05, 0) is 60.2 Å². The van der Waals surface area contributed by atoms with Crippen LogP contribution in [0.4, 0.5) is 0 Å². The molecule has 0 saturated heterocycles. The highest BCUT2D eigenvalue weighted by atomic mass is 79.9. The van der Waals surface area contributed by atoms with E-state index in [9.17, 15) is 9.59 Å². The molecule has 0 bridgehead atoms. The Bertz CT molecular complexity index is 1260. The summed E-state index contributed by atoms with van der Waals surface area (Å²) >= 11 is 3.50. The van der Waals surface area contributed by atoms with Crippen LogP contribution in [0.15, 0.2) is 77.3 Å². The fourth-order valence-corrected chi connectivity index (χ4v) is 5.64. The number of amides is 2. The zero-order valence-electron chi connectivity index (χ0n) is 22.1. The van der Waals surface area contributed by atoms with E-state index >= 15 is 0 Å². The summed E-state index contributed by atoms with van der Waals surface area (Å²) in [7, 11) is 0. The summed E-state index contributed by atoms with van der Waals surface area (Å²) in [5, 5.41) is 3.30. The predicted molar refractivity (Wildman–Crippen MR) is 155 cm³/mol. The quantitative estimate of drug-likeness (QED) is 0.305. The number of rotatable bonds is 10. The van der Waals surface area contributed by atoms with Gasteiger partial charge in [-0.25, -0.2) is 0 Å². The zero-order valence-corrected chi connectivity index (χ0v) is 23.7. The number of hydrogen-bond donors (Lipinski definition) is 1. The van der Waals surface area contributed by atoms with Crippen molar-refractivity contribution in [2.75, 3.05) is 6.79 Å². The molecule has 7 heteroatoms. The molecular weight excluding hydrogens is 556 g/mol. The second kappa shape index (κ2) is 13.2. The Morgan fingerprint density at radius 2 is 1.59 bits per heavy atom. The zero-order chi connectivity index (χ0) is 27.0. The lowest BCUT2D eigenvalue weighted by Gasteiger charge is -2.33. The molecule has 1 saturated carbocycles. The minimum atomic E-state index is -0.609. The van der Waals surface area contributed by atoms with Crippen LogP contribution in [0.5, 0.6) is 11.5 Å². The van der Waals surface area contributed by atoms with E-state index in [1.54, 1.807) is 4.90 Å². The normalized spacial score (nSPS) is 15.5. The molecule has 0 radical (unpaired) electrons. The van der Waals surface area contributed by atoms with Crippen molar-refractivity contribution in [2.24, 2.45) is 0 Å². The highest BCUT2D eigenvalue weighted by Crippen LogP contribution is 2.33. The van der Waals surface area contributed by atoms with Crippen molar-refractivity contribution < 1.29 is 19.1 Å². The largest absolute Gasteiger partial charge is 0.454 e. The first kappa shape index (κ1) is 27.3. The Hall–Kier alpha value is -3.32. The van der Waals surface area contributed by atoms with Gasteiger partial charge in [0.2, 0.25) is 18.6 Å². The Morgan fingerprint density at radius 3 is 2.36 bits per heavy atom. The van der Waals surface area contributed by atoms with E-state index in [1.807, 2.05) is 72.8 Å². The van der Waals surface area contributed by atoms with Gasteiger partial charge in [0.1, 0.15) is 6.04 Å². The van der Waals surface area contributed by atoms with E-state index < -0.39 is 6.04 Å². The molecule has 1 heterocycles. The van der Waals surface area contributed by atoms with Crippen LogP contribution in [-0.4, -0.2) is 35.6 Å². The van der Waals surface area contributed by atoms with Crippen LogP contribution < -0.4 is 14.8 Å². The molecule has 1 aliphatic carbocycles. The molecule has 1 N–H and O–H groups in total. The number of carbonyl (C=O) groups excluding carboxylic acids is 2. The standard InChI is InChI=1S/C32H35BrN2O4/c33-26-15-11-25(12-16-26)21-35(31(36)18-14-24-13-17-29-30(20-24)39-22-38-29)28(19-23-7-3-1-4-8-23)32(37)34-27-9-5-2-6-10-27/h1,3-4,7-8,11-13,15-17,20,27-28H,2,5-6,9-10,14,18-19,21-22H2,(H,34,37)/t28-/m1/s1. The van der Waals surface area contributed by atoms with E-state index in [0.29, 0.717) is 25.1 Å². The van der Waals surface area contributed by atoms with Gasteiger partial charge >= 0.3 is 0 Å². The summed E-state index contributed by atoms with van der Waals surface area (Å²) in [6.45, 7) is 0.582. The van der Waals surface area contributed by atoms with E-state index in [1.165, 1.54) is 6.42 Å². The number of nitrogens with one attached hydrogen (secondary N) is 1. The van der Waals surface area contributed by atoms with Gasteiger partial charge in [0.25, 0.3) is 0 Å². The lowest BCUT2D eigenvalue weighted by molar-refractivity contribution is -0.141. The van der Waals surface area contributed by atoms with Crippen molar-refractivity contribution in [1.29, 1.82) is 0 Å². The van der Waals surface area contributed by atoms with E-state index in [2.05, 4.69) is 21.2 Å². The van der Waals surface area contributed by atoms with Gasteiger partial charge in [-0.15, -0.1) is 0 Å². The third kappa shape index (κ3) is 7.41. The number of fused-ring (bicyclic) bond motifs is 1. The molecule has 0 spiro atoms. The van der Waals surface area contributed by atoms with Gasteiger partial charge in [0.05, 0.1) is 0 Å². The van der Waals surface area contributed by atoms with Gasteiger partial charge in [0.15, 0.2) is 11.5 Å². The SMILES string of the molecule is O=C(NC1CCCCC1)[C@@H](Cc1ccccc1)N(Cc1ccc(Br)cc1)C(=O)CCc1ccc2c(c1)OCO2. The maximum absolute atomic E-state index is 13.9. The first-order chi connectivity index (χ1) is 19.0. The molecule has 1 fully saturated rings. The topological polar surface area (TPSA) is 67.9 Å². The molecule has 1 atom stereocenters. The number of benzene rings is 3. The molecule has 204 valence electrons. The molecule has 5 rings (SSSR count). The molecule has 39 heavy (non-hydrogen) atoms. The molecule has 2 aliphatic rings. The van der Waals surface area contributed by atoms with E-state index in [0.717, 1.165) is 52.6 Å². The first-order valence-corrected chi connectivity index (χ1v) is 14.6. The van der Waals surface area contributed by atoms with Crippen LogP contribution in [0.1, 0.15) is 55.2 Å². The molecule has 1 aliphatic heterocycles. The summed E-state index contributed by atoms with van der Waals surface area (Å²) in [5.41, 5.74) is 3.02. The highest BCUT2D eigenvalue weighted by Gasteiger charge is 2.32. The molecule has 0 unspecified atom stereocenters. The van der Waals surface area contributed by atoms with E-state index in [4.69, 9.17) is 9.47 Å². The smallest absolute Gasteiger partial charge is 0.243 e. The van der Waals surface area contributed by atoms with Crippen molar-refractivity contribution in [1.82, 2.24) is 10.2 Å². The maximum atomic E-state index is 13.9. The van der Waals surface area contributed by atoms with Crippen molar-refractivity contribution in [3.05, 3.63) is 94.0 Å². The lowest BCUT2D eigenvalue weighted by Crippen LogP contribution is -2.52. The number of halogens is 1. The number of nitrogens with zero attached hydrogens (tertiary/aromatic N) is 1. The molecule has 0 aromatic heterocycles. The Labute approximate surface area is 238 Å². The van der Waals surface area contributed by atoms with E-state index in [-0.39, 0.29) is 31.1 Å². The third-order valence-corrected chi connectivity index (χ3v) is 8.08. The van der Waals surface area contributed by atoms with Gasteiger partial charge in [-0.2, -0.15) is 0 Å². The number of carbonyl (C=O) groups is 2. The summed E-state index contributed by atoms with van der Waals surface area (Å²) < 4.78 is 11.9. The van der Waals surface area contributed by atoms with Crippen LogP contribution in [-0.2, 0) is 29.0 Å². The van der Waals surface area contributed by atoms with Gasteiger partial charge in [0, 0.05) is 29.9 Å². The summed E-state index contributed by atoms with van der Waals surface area (Å²) in [6, 6.07) is 23.3. The third-order valence-electron chi connectivity index (χ3n) is 7.55. The minimum Gasteiger partial charge on any atom is -0.454 e. The van der Waals surface area contributed by atoms with Gasteiger partial charge in [-0.3, -0.25) is 9.59 Å². The fourth-order valence-electron chi connectivity index (χ4n) is 5.38. The molecule has 2 amide bonds. The molecule has 3 aromatic carbocycles. The van der Waals surface area contributed by atoms with Crippen molar-refractivity contribution in [3.8, 4) is 11.5 Å². The summed E-state index contributed by atoms with van der Waals surface area (Å²) in [6.07, 6.45) is 6.77. The first-order valence-electron chi connectivity index (χ1n) is 13.8.